The molecule has 0 saturated heterocycles. The van der Waals surface area contributed by atoms with Crippen LogP contribution in [0.1, 0.15) is 30.3 Å². The van der Waals surface area contributed by atoms with Gasteiger partial charge in [0.25, 0.3) is 0 Å². The highest BCUT2D eigenvalue weighted by atomic mass is 19.1. The molecule has 0 unspecified atom stereocenters. The molecule has 24 heavy (non-hydrogen) atoms. The third-order valence-electron chi connectivity index (χ3n) is 3.42. The number of hydrogen-bond donors (Lipinski definition) is 1. The molecular formula is C18H18FN3O2. The van der Waals surface area contributed by atoms with Crippen molar-refractivity contribution in [3.8, 4) is 5.75 Å². The van der Waals surface area contributed by atoms with Gasteiger partial charge in [-0.05, 0) is 36.8 Å². The van der Waals surface area contributed by atoms with Crippen LogP contribution >= 0.6 is 0 Å². The molecule has 0 bridgehead atoms. The van der Waals surface area contributed by atoms with E-state index in [2.05, 4.69) is 15.5 Å². The van der Waals surface area contributed by atoms with Gasteiger partial charge in [-0.25, -0.2) is 4.39 Å². The van der Waals surface area contributed by atoms with Crippen molar-refractivity contribution in [1.29, 1.82) is 0 Å². The minimum atomic E-state index is -0.313. The van der Waals surface area contributed by atoms with E-state index in [0.29, 0.717) is 24.1 Å². The number of nitrogens with zero attached hydrogens (tertiary/aromatic N) is 2. The second-order valence-corrected chi connectivity index (χ2v) is 5.47. The van der Waals surface area contributed by atoms with Crippen LogP contribution in [0.15, 0.2) is 52.9 Å². The van der Waals surface area contributed by atoms with E-state index in [1.165, 1.54) is 12.1 Å². The van der Waals surface area contributed by atoms with Crippen LogP contribution in [-0.4, -0.2) is 10.2 Å². The molecule has 6 heteroatoms. The van der Waals surface area contributed by atoms with Crippen LogP contribution < -0.4 is 10.1 Å². The van der Waals surface area contributed by atoms with Crippen LogP contribution in [0.2, 0.25) is 0 Å². The molecule has 1 N–H and O–H groups in total. The summed E-state index contributed by atoms with van der Waals surface area (Å²) in [6.45, 7) is 4.06. The standard InChI is InChI=1S/C18H18FN3O2/c1-12(18-22-21-13(2)24-18)20-16-7-3-5-14(9-16)11-23-17-8-4-6-15(19)10-17/h3-10,12,20H,11H2,1-2H3/t12-/m0/s1. The number of ether oxygens (including phenoxy) is 1. The summed E-state index contributed by atoms with van der Waals surface area (Å²) < 4.78 is 24.2. The lowest BCUT2D eigenvalue weighted by molar-refractivity contribution is 0.304. The van der Waals surface area contributed by atoms with Crippen LogP contribution in [0.4, 0.5) is 10.1 Å². The van der Waals surface area contributed by atoms with E-state index >= 15 is 0 Å². The van der Waals surface area contributed by atoms with E-state index < -0.39 is 0 Å². The lowest BCUT2D eigenvalue weighted by Gasteiger charge is -2.13. The SMILES string of the molecule is Cc1nnc([C@H](C)Nc2cccc(COc3cccc(F)c3)c2)o1. The summed E-state index contributed by atoms with van der Waals surface area (Å²) in [6, 6.07) is 13.8. The zero-order chi connectivity index (χ0) is 16.9. The monoisotopic (exact) mass is 327 g/mol. The van der Waals surface area contributed by atoms with Crippen molar-refractivity contribution in [2.24, 2.45) is 0 Å². The summed E-state index contributed by atoms with van der Waals surface area (Å²) in [7, 11) is 0. The van der Waals surface area contributed by atoms with Crippen LogP contribution in [0.5, 0.6) is 5.75 Å². The molecule has 0 amide bonds. The molecule has 3 rings (SSSR count). The minimum Gasteiger partial charge on any atom is -0.489 e. The first-order valence-corrected chi connectivity index (χ1v) is 7.64. The first-order chi connectivity index (χ1) is 11.6. The minimum absolute atomic E-state index is 0.106. The molecule has 0 spiro atoms. The lowest BCUT2D eigenvalue weighted by Crippen LogP contribution is -2.07. The fraction of sp³-hybridized carbons (Fsp3) is 0.222. The summed E-state index contributed by atoms with van der Waals surface area (Å²) >= 11 is 0. The second-order valence-electron chi connectivity index (χ2n) is 5.47. The molecule has 0 saturated carbocycles. The Morgan fingerprint density at radius 1 is 1.17 bits per heavy atom. The molecule has 0 aliphatic heterocycles. The zero-order valence-electron chi connectivity index (χ0n) is 13.5. The van der Waals surface area contributed by atoms with Gasteiger partial charge in [0, 0.05) is 18.7 Å². The normalized spacial score (nSPS) is 12.0. The maximum Gasteiger partial charge on any atom is 0.238 e. The number of halogens is 1. The Morgan fingerprint density at radius 3 is 2.75 bits per heavy atom. The predicted molar refractivity (Wildman–Crippen MR) is 88.2 cm³/mol. The molecule has 0 aliphatic rings. The number of hydrogen-bond acceptors (Lipinski definition) is 5. The zero-order valence-corrected chi connectivity index (χ0v) is 13.5. The van der Waals surface area contributed by atoms with Gasteiger partial charge in [0.15, 0.2) is 0 Å². The molecule has 2 aromatic carbocycles. The summed E-state index contributed by atoms with van der Waals surface area (Å²) in [4.78, 5) is 0. The van der Waals surface area contributed by atoms with Gasteiger partial charge in [-0.15, -0.1) is 10.2 Å². The summed E-state index contributed by atoms with van der Waals surface area (Å²) in [5.74, 6) is 1.26. The van der Waals surface area contributed by atoms with Crippen molar-refractivity contribution in [2.75, 3.05) is 5.32 Å². The Kier molecular flexibility index (Phi) is 4.74. The third-order valence-corrected chi connectivity index (χ3v) is 3.42. The van der Waals surface area contributed by atoms with Gasteiger partial charge in [0.2, 0.25) is 11.8 Å². The summed E-state index contributed by atoms with van der Waals surface area (Å²) in [6.07, 6.45) is 0. The average molecular weight is 327 g/mol. The Hall–Kier alpha value is -2.89. The van der Waals surface area contributed by atoms with Crippen LogP contribution in [0.25, 0.3) is 0 Å². The van der Waals surface area contributed by atoms with Gasteiger partial charge < -0.3 is 14.5 Å². The maximum absolute atomic E-state index is 13.2. The van der Waals surface area contributed by atoms with E-state index in [4.69, 9.17) is 9.15 Å². The largest absolute Gasteiger partial charge is 0.489 e. The van der Waals surface area contributed by atoms with Gasteiger partial charge in [-0.3, -0.25) is 0 Å². The molecule has 1 heterocycles. The Morgan fingerprint density at radius 2 is 2.00 bits per heavy atom. The number of aromatic nitrogens is 2. The molecule has 5 nitrogen and oxygen atoms in total. The van der Waals surface area contributed by atoms with Gasteiger partial charge in [0.1, 0.15) is 24.2 Å². The van der Waals surface area contributed by atoms with Crippen LogP contribution in [-0.2, 0) is 6.61 Å². The van der Waals surface area contributed by atoms with Crippen molar-refractivity contribution >= 4 is 5.69 Å². The summed E-state index contributed by atoms with van der Waals surface area (Å²) in [5.41, 5.74) is 1.89. The first kappa shape index (κ1) is 16.0. The van der Waals surface area contributed by atoms with Crippen molar-refractivity contribution in [1.82, 2.24) is 10.2 Å². The van der Waals surface area contributed by atoms with Crippen LogP contribution in [0.3, 0.4) is 0 Å². The Labute approximate surface area is 139 Å². The highest BCUT2D eigenvalue weighted by Gasteiger charge is 2.12. The van der Waals surface area contributed by atoms with Crippen molar-refractivity contribution < 1.29 is 13.5 Å². The molecule has 1 atom stereocenters. The number of rotatable bonds is 6. The summed E-state index contributed by atoms with van der Waals surface area (Å²) in [5, 5.41) is 11.1. The van der Waals surface area contributed by atoms with Crippen molar-refractivity contribution in [3.63, 3.8) is 0 Å². The smallest absolute Gasteiger partial charge is 0.238 e. The van der Waals surface area contributed by atoms with Crippen molar-refractivity contribution in [2.45, 2.75) is 26.5 Å². The maximum atomic E-state index is 13.2. The average Bonchev–Trinajstić information content (AvgIpc) is 3.00. The van der Waals surface area contributed by atoms with Crippen LogP contribution in [0, 0.1) is 12.7 Å². The van der Waals surface area contributed by atoms with Gasteiger partial charge in [-0.1, -0.05) is 18.2 Å². The molecule has 124 valence electrons. The predicted octanol–water partition coefficient (Wildman–Crippen LogP) is 4.27. The molecule has 1 aromatic heterocycles. The Bertz CT molecular complexity index is 819. The highest BCUT2D eigenvalue weighted by Crippen LogP contribution is 2.20. The highest BCUT2D eigenvalue weighted by molar-refractivity contribution is 5.46. The van der Waals surface area contributed by atoms with Gasteiger partial charge in [0.05, 0.1) is 0 Å². The van der Waals surface area contributed by atoms with E-state index in [9.17, 15) is 4.39 Å². The quantitative estimate of drug-likeness (QED) is 0.732. The fourth-order valence-electron chi connectivity index (χ4n) is 2.27. The van der Waals surface area contributed by atoms with Gasteiger partial charge >= 0.3 is 0 Å². The first-order valence-electron chi connectivity index (χ1n) is 7.64. The molecule has 0 aliphatic carbocycles. The third kappa shape index (κ3) is 4.10. The van der Waals surface area contributed by atoms with E-state index in [1.54, 1.807) is 19.1 Å². The Balaban J connectivity index is 1.63. The number of benzene rings is 2. The van der Waals surface area contributed by atoms with Crippen molar-refractivity contribution in [3.05, 3.63) is 71.7 Å². The van der Waals surface area contributed by atoms with E-state index in [0.717, 1.165) is 11.3 Å². The molecule has 3 aromatic rings. The molecule has 0 radical (unpaired) electrons. The number of aryl methyl sites for hydroxylation is 1. The number of anilines is 1. The fourth-order valence-corrected chi connectivity index (χ4v) is 2.27. The second kappa shape index (κ2) is 7.12. The lowest BCUT2D eigenvalue weighted by atomic mass is 10.2. The topological polar surface area (TPSA) is 60.2 Å². The number of nitrogens with one attached hydrogen (secondary N) is 1. The van der Waals surface area contributed by atoms with Gasteiger partial charge in [-0.2, -0.15) is 0 Å². The molecular weight excluding hydrogens is 309 g/mol. The van der Waals surface area contributed by atoms with E-state index in [1.807, 2.05) is 31.2 Å². The van der Waals surface area contributed by atoms with E-state index in [-0.39, 0.29) is 11.9 Å². The molecule has 0 fully saturated rings.